The zero-order valence-electron chi connectivity index (χ0n) is 13.7. The van der Waals surface area contributed by atoms with Crippen LogP contribution in [-0.2, 0) is 28.5 Å². The molecule has 0 bridgehead atoms. The molecule has 6 nitrogen and oxygen atoms in total. The van der Waals surface area contributed by atoms with Gasteiger partial charge in [-0.2, -0.15) is 0 Å². The second-order valence-electron chi connectivity index (χ2n) is 7.58. The highest BCUT2D eigenvalue weighted by atomic mass is 16.7. The van der Waals surface area contributed by atoms with Crippen molar-refractivity contribution in [3.05, 3.63) is 12.2 Å². The second-order valence-corrected chi connectivity index (χ2v) is 7.58. The number of carbonyl (C=O) groups is 2. The van der Waals surface area contributed by atoms with Crippen molar-refractivity contribution >= 4 is 11.9 Å². The van der Waals surface area contributed by atoms with Crippen LogP contribution in [0.3, 0.4) is 0 Å². The summed E-state index contributed by atoms with van der Waals surface area (Å²) in [4.78, 5) is 23.6. The SMILES string of the molecule is C=C1C(=O)O[C@H]2[C@H]1[C@H](OC(C)=O)C[C@]1(C)O[C@@H]1CC[C@]1(C)O[C@H]21. The largest absolute Gasteiger partial charge is 0.462 e. The molecular formula is C17H22O6. The zero-order chi connectivity index (χ0) is 16.6. The van der Waals surface area contributed by atoms with E-state index in [1.54, 1.807) is 0 Å². The summed E-state index contributed by atoms with van der Waals surface area (Å²) in [7, 11) is 0. The smallest absolute Gasteiger partial charge is 0.334 e. The van der Waals surface area contributed by atoms with Crippen LogP contribution in [-0.4, -0.2) is 47.6 Å². The first-order valence-electron chi connectivity index (χ1n) is 8.16. The quantitative estimate of drug-likeness (QED) is 0.414. The van der Waals surface area contributed by atoms with Crippen LogP contribution in [0.5, 0.6) is 0 Å². The third-order valence-corrected chi connectivity index (χ3v) is 5.76. The molecule has 0 N–H and O–H groups in total. The highest BCUT2D eigenvalue weighted by Crippen LogP contribution is 2.54. The molecule has 1 aliphatic carbocycles. The lowest BCUT2D eigenvalue weighted by Gasteiger charge is -2.28. The summed E-state index contributed by atoms with van der Waals surface area (Å²) in [6.45, 7) is 9.31. The highest BCUT2D eigenvalue weighted by molar-refractivity contribution is 5.91. The van der Waals surface area contributed by atoms with E-state index in [0.29, 0.717) is 12.0 Å². The number of rotatable bonds is 1. The van der Waals surface area contributed by atoms with Crippen molar-refractivity contribution in [2.45, 2.75) is 75.7 Å². The van der Waals surface area contributed by atoms with Crippen LogP contribution < -0.4 is 0 Å². The van der Waals surface area contributed by atoms with Gasteiger partial charge in [-0.1, -0.05) is 6.58 Å². The van der Waals surface area contributed by atoms with Gasteiger partial charge in [0.2, 0.25) is 0 Å². The van der Waals surface area contributed by atoms with E-state index in [4.69, 9.17) is 18.9 Å². The van der Waals surface area contributed by atoms with Crippen molar-refractivity contribution in [1.29, 1.82) is 0 Å². The Morgan fingerprint density at radius 1 is 1.30 bits per heavy atom. The van der Waals surface area contributed by atoms with E-state index in [9.17, 15) is 9.59 Å². The lowest BCUT2D eigenvalue weighted by molar-refractivity contribution is -0.151. The molecule has 0 aromatic rings. The van der Waals surface area contributed by atoms with E-state index in [2.05, 4.69) is 6.58 Å². The molecule has 6 heteroatoms. The van der Waals surface area contributed by atoms with E-state index in [1.165, 1.54) is 6.92 Å². The average Bonchev–Trinajstić information content (AvgIpc) is 3.27. The molecule has 7 atom stereocenters. The molecule has 23 heavy (non-hydrogen) atoms. The van der Waals surface area contributed by atoms with Crippen molar-refractivity contribution in [2.24, 2.45) is 5.92 Å². The van der Waals surface area contributed by atoms with Gasteiger partial charge >= 0.3 is 11.9 Å². The third kappa shape index (κ3) is 2.31. The van der Waals surface area contributed by atoms with Gasteiger partial charge in [0.05, 0.1) is 23.2 Å². The standard InChI is InChI=1S/C17H22O6/c1-8-12-10(20-9(2)18)7-17(4)11(22-17)5-6-16(3)14(23-16)13(12)21-15(8)19/h10-14H,1,5-7H2,2-4H3/t10-,11-,12-,13+,14-,16+,17+/m1/s1. The molecule has 1 saturated carbocycles. The van der Waals surface area contributed by atoms with Crippen LogP contribution in [0.2, 0.25) is 0 Å². The minimum Gasteiger partial charge on any atom is -0.462 e. The van der Waals surface area contributed by atoms with E-state index in [1.807, 2.05) is 13.8 Å². The van der Waals surface area contributed by atoms with Gasteiger partial charge in [-0.3, -0.25) is 4.79 Å². The van der Waals surface area contributed by atoms with Crippen LogP contribution in [0, 0.1) is 5.92 Å². The van der Waals surface area contributed by atoms with Gasteiger partial charge in [0, 0.05) is 18.9 Å². The lowest BCUT2D eigenvalue weighted by Crippen LogP contribution is -2.40. The molecule has 0 amide bonds. The van der Waals surface area contributed by atoms with Gasteiger partial charge in [0.25, 0.3) is 0 Å². The van der Waals surface area contributed by atoms with Crippen LogP contribution in [0.1, 0.15) is 40.0 Å². The van der Waals surface area contributed by atoms with Crippen molar-refractivity contribution in [3.63, 3.8) is 0 Å². The highest BCUT2D eigenvalue weighted by Gasteiger charge is 2.66. The maximum Gasteiger partial charge on any atom is 0.334 e. The Kier molecular flexibility index (Phi) is 3.01. The summed E-state index contributed by atoms with van der Waals surface area (Å²) in [6.07, 6.45) is 1.34. The van der Waals surface area contributed by atoms with Crippen molar-refractivity contribution in [3.8, 4) is 0 Å². The molecule has 0 aromatic heterocycles. The Morgan fingerprint density at radius 2 is 2.04 bits per heavy atom. The van der Waals surface area contributed by atoms with E-state index >= 15 is 0 Å². The van der Waals surface area contributed by atoms with Crippen LogP contribution in [0.25, 0.3) is 0 Å². The van der Waals surface area contributed by atoms with Gasteiger partial charge in [0.15, 0.2) is 0 Å². The monoisotopic (exact) mass is 322 g/mol. The van der Waals surface area contributed by atoms with Crippen molar-refractivity contribution in [1.82, 2.24) is 0 Å². The maximum absolute atomic E-state index is 12.1. The van der Waals surface area contributed by atoms with Gasteiger partial charge in [0.1, 0.15) is 18.3 Å². The Labute approximate surface area is 135 Å². The molecule has 126 valence electrons. The Hall–Kier alpha value is -1.40. The Bertz CT molecular complexity index is 600. The second kappa shape index (κ2) is 4.57. The number of hydrogen-bond donors (Lipinski definition) is 0. The predicted molar refractivity (Wildman–Crippen MR) is 78.5 cm³/mol. The molecule has 3 heterocycles. The van der Waals surface area contributed by atoms with Gasteiger partial charge in [-0.25, -0.2) is 4.79 Å². The van der Waals surface area contributed by atoms with Crippen LogP contribution in [0.4, 0.5) is 0 Å². The molecule has 0 aromatic carbocycles. The number of hydrogen-bond acceptors (Lipinski definition) is 6. The number of ether oxygens (including phenoxy) is 4. The molecule has 0 unspecified atom stereocenters. The topological polar surface area (TPSA) is 77.7 Å². The fourth-order valence-corrected chi connectivity index (χ4v) is 4.27. The summed E-state index contributed by atoms with van der Waals surface area (Å²) in [5.74, 6) is -1.18. The lowest BCUT2D eigenvalue weighted by atomic mass is 9.79. The average molecular weight is 322 g/mol. The molecule has 0 spiro atoms. The van der Waals surface area contributed by atoms with Crippen molar-refractivity contribution in [2.75, 3.05) is 0 Å². The molecular weight excluding hydrogens is 300 g/mol. The Balaban J connectivity index is 1.69. The molecule has 4 fully saturated rings. The van der Waals surface area contributed by atoms with Crippen LogP contribution >= 0.6 is 0 Å². The number of fused-ring (bicyclic) bond motifs is 4. The first-order valence-corrected chi connectivity index (χ1v) is 8.16. The summed E-state index contributed by atoms with van der Waals surface area (Å²) in [5, 5.41) is 0. The van der Waals surface area contributed by atoms with Gasteiger partial charge in [-0.05, 0) is 26.7 Å². The molecule has 4 rings (SSSR count). The Morgan fingerprint density at radius 3 is 2.74 bits per heavy atom. The summed E-state index contributed by atoms with van der Waals surface area (Å²) >= 11 is 0. The molecule has 3 saturated heterocycles. The molecule has 0 radical (unpaired) electrons. The van der Waals surface area contributed by atoms with Gasteiger partial charge in [-0.15, -0.1) is 0 Å². The fourth-order valence-electron chi connectivity index (χ4n) is 4.27. The number of carbonyl (C=O) groups excluding carboxylic acids is 2. The zero-order valence-corrected chi connectivity index (χ0v) is 13.7. The maximum atomic E-state index is 12.1. The van der Waals surface area contributed by atoms with Gasteiger partial charge < -0.3 is 18.9 Å². The minimum absolute atomic E-state index is 0.144. The predicted octanol–water partition coefficient (Wildman–Crippen LogP) is 1.51. The third-order valence-electron chi connectivity index (χ3n) is 5.76. The van der Waals surface area contributed by atoms with E-state index in [0.717, 1.165) is 12.8 Å². The summed E-state index contributed by atoms with van der Waals surface area (Å²) in [5.41, 5.74) is -0.270. The summed E-state index contributed by atoms with van der Waals surface area (Å²) in [6, 6.07) is 0. The van der Waals surface area contributed by atoms with Crippen LogP contribution in [0.15, 0.2) is 12.2 Å². The minimum atomic E-state index is -0.488. The summed E-state index contributed by atoms with van der Waals surface area (Å²) < 4.78 is 22.8. The van der Waals surface area contributed by atoms with Crippen molar-refractivity contribution < 1.29 is 28.5 Å². The van der Waals surface area contributed by atoms with E-state index in [-0.39, 0.29) is 35.3 Å². The first-order chi connectivity index (χ1) is 10.7. The molecule has 4 aliphatic rings. The number of esters is 2. The normalized spacial score (nSPS) is 51.0. The molecule has 3 aliphatic heterocycles. The number of epoxide rings is 2. The first kappa shape index (κ1) is 15.1. The fraction of sp³-hybridized carbons (Fsp3) is 0.765. The van der Waals surface area contributed by atoms with E-state index < -0.39 is 18.2 Å².